The lowest BCUT2D eigenvalue weighted by atomic mass is 10.2. The van der Waals surface area contributed by atoms with E-state index in [1.807, 2.05) is 42.5 Å². The minimum Gasteiger partial charge on any atom is -0.352 e. The molecule has 0 saturated heterocycles. The van der Waals surface area contributed by atoms with Crippen LogP contribution in [0.2, 0.25) is 0 Å². The highest BCUT2D eigenvalue weighted by atomic mass is 35.5. The van der Waals surface area contributed by atoms with Gasteiger partial charge in [-0.15, -0.1) is 24.2 Å². The minimum atomic E-state index is -0.0170. The molecular formula is C18H23ClN2OS. The van der Waals surface area contributed by atoms with Gasteiger partial charge in [0.1, 0.15) is 0 Å². The molecule has 0 atom stereocenters. The monoisotopic (exact) mass is 350 g/mol. The number of nitrogens with two attached hydrogens (primary N) is 1. The summed E-state index contributed by atoms with van der Waals surface area (Å²) < 4.78 is 0. The van der Waals surface area contributed by atoms with E-state index in [4.69, 9.17) is 5.73 Å². The first kappa shape index (κ1) is 19.6. The van der Waals surface area contributed by atoms with Crippen molar-refractivity contribution in [2.45, 2.75) is 23.5 Å². The van der Waals surface area contributed by atoms with Crippen LogP contribution in [0.1, 0.15) is 28.8 Å². The van der Waals surface area contributed by atoms with Crippen LogP contribution in [0.25, 0.3) is 0 Å². The summed E-state index contributed by atoms with van der Waals surface area (Å²) in [5, 5.41) is 2.91. The van der Waals surface area contributed by atoms with Gasteiger partial charge in [-0.05, 0) is 49.2 Å². The number of rotatable bonds is 8. The van der Waals surface area contributed by atoms with Crippen LogP contribution in [0.3, 0.4) is 0 Å². The van der Waals surface area contributed by atoms with E-state index in [2.05, 4.69) is 17.4 Å². The van der Waals surface area contributed by atoms with Crippen molar-refractivity contribution in [1.29, 1.82) is 0 Å². The lowest BCUT2D eigenvalue weighted by molar-refractivity contribution is 0.0953. The van der Waals surface area contributed by atoms with E-state index in [-0.39, 0.29) is 18.3 Å². The maximum absolute atomic E-state index is 11.9. The fourth-order valence-electron chi connectivity index (χ4n) is 2.02. The highest BCUT2D eigenvalue weighted by Gasteiger charge is 2.04. The molecule has 2 aromatic rings. The van der Waals surface area contributed by atoms with Crippen LogP contribution >= 0.6 is 24.2 Å². The number of amides is 1. The van der Waals surface area contributed by atoms with Crippen LogP contribution in [0.5, 0.6) is 0 Å². The SMILES string of the molecule is Cl.NCCCCNC(=O)c1ccc(SCc2ccccc2)cc1. The molecule has 0 aromatic heterocycles. The van der Waals surface area contributed by atoms with Gasteiger partial charge >= 0.3 is 0 Å². The van der Waals surface area contributed by atoms with E-state index in [9.17, 15) is 4.79 Å². The second kappa shape index (κ2) is 11.1. The van der Waals surface area contributed by atoms with Crippen molar-refractivity contribution < 1.29 is 4.79 Å². The standard InChI is InChI=1S/C18H22N2OS.ClH/c19-12-4-5-13-20-18(21)16-8-10-17(11-9-16)22-14-15-6-2-1-3-7-15;/h1-3,6-11H,4-5,12-14,19H2,(H,20,21);1H. The van der Waals surface area contributed by atoms with Crippen LogP contribution < -0.4 is 11.1 Å². The normalized spacial score (nSPS) is 9.96. The van der Waals surface area contributed by atoms with Gasteiger partial charge in [-0.1, -0.05) is 30.3 Å². The topological polar surface area (TPSA) is 55.1 Å². The Morgan fingerprint density at radius 1 is 1.00 bits per heavy atom. The van der Waals surface area contributed by atoms with E-state index in [1.54, 1.807) is 11.8 Å². The molecule has 2 rings (SSSR count). The van der Waals surface area contributed by atoms with E-state index in [0.717, 1.165) is 18.6 Å². The number of thioether (sulfide) groups is 1. The zero-order valence-electron chi connectivity index (χ0n) is 13.0. The zero-order valence-corrected chi connectivity index (χ0v) is 14.7. The molecule has 0 radical (unpaired) electrons. The average molecular weight is 351 g/mol. The predicted molar refractivity (Wildman–Crippen MR) is 100 cm³/mol. The Bertz CT molecular complexity index is 575. The molecule has 5 heteroatoms. The van der Waals surface area contributed by atoms with Gasteiger partial charge in [0, 0.05) is 22.8 Å². The van der Waals surface area contributed by atoms with Crippen molar-refractivity contribution in [2.75, 3.05) is 13.1 Å². The Hall–Kier alpha value is -1.49. The van der Waals surface area contributed by atoms with Gasteiger partial charge in [0.05, 0.1) is 0 Å². The highest BCUT2D eigenvalue weighted by Crippen LogP contribution is 2.22. The van der Waals surface area contributed by atoms with Gasteiger partial charge in [-0.2, -0.15) is 0 Å². The Labute approximate surface area is 148 Å². The summed E-state index contributed by atoms with van der Waals surface area (Å²) in [7, 11) is 0. The predicted octanol–water partition coefficient (Wildman–Crippen LogP) is 3.87. The highest BCUT2D eigenvalue weighted by molar-refractivity contribution is 7.98. The molecule has 0 aliphatic carbocycles. The Kier molecular flexibility index (Phi) is 9.45. The van der Waals surface area contributed by atoms with Gasteiger partial charge in [0.15, 0.2) is 0 Å². The number of hydrogen-bond donors (Lipinski definition) is 2. The smallest absolute Gasteiger partial charge is 0.251 e. The number of benzene rings is 2. The zero-order chi connectivity index (χ0) is 15.6. The van der Waals surface area contributed by atoms with Gasteiger partial charge in [-0.3, -0.25) is 4.79 Å². The molecule has 0 aliphatic rings. The fraction of sp³-hybridized carbons (Fsp3) is 0.278. The lowest BCUT2D eigenvalue weighted by Crippen LogP contribution is -2.24. The third kappa shape index (κ3) is 7.08. The maximum Gasteiger partial charge on any atom is 0.251 e. The summed E-state index contributed by atoms with van der Waals surface area (Å²) in [6, 6.07) is 18.1. The Morgan fingerprint density at radius 3 is 2.35 bits per heavy atom. The van der Waals surface area contributed by atoms with Crippen molar-refractivity contribution >= 4 is 30.1 Å². The number of nitrogens with one attached hydrogen (secondary N) is 1. The van der Waals surface area contributed by atoms with Crippen LogP contribution in [0, 0.1) is 0 Å². The quantitative estimate of drug-likeness (QED) is 0.561. The number of carbonyl (C=O) groups is 1. The summed E-state index contributed by atoms with van der Waals surface area (Å²) in [6.07, 6.45) is 1.86. The Balaban J connectivity index is 0.00000264. The summed E-state index contributed by atoms with van der Waals surface area (Å²) in [4.78, 5) is 13.1. The van der Waals surface area contributed by atoms with E-state index in [1.165, 1.54) is 10.5 Å². The van der Waals surface area contributed by atoms with Crippen LogP contribution in [0.4, 0.5) is 0 Å². The molecule has 0 heterocycles. The summed E-state index contributed by atoms with van der Waals surface area (Å²) >= 11 is 1.77. The fourth-order valence-corrected chi connectivity index (χ4v) is 2.87. The van der Waals surface area contributed by atoms with E-state index < -0.39 is 0 Å². The van der Waals surface area contributed by atoms with Crippen molar-refractivity contribution in [3.05, 3.63) is 65.7 Å². The number of unbranched alkanes of at least 4 members (excludes halogenated alkanes) is 1. The summed E-state index contributed by atoms with van der Waals surface area (Å²) in [6.45, 7) is 1.35. The molecule has 2 aromatic carbocycles. The molecule has 0 saturated carbocycles. The molecule has 0 unspecified atom stereocenters. The van der Waals surface area contributed by atoms with Gasteiger partial charge in [-0.25, -0.2) is 0 Å². The van der Waals surface area contributed by atoms with E-state index in [0.29, 0.717) is 18.7 Å². The van der Waals surface area contributed by atoms with Crippen molar-refractivity contribution in [3.63, 3.8) is 0 Å². The average Bonchev–Trinajstić information content (AvgIpc) is 2.58. The van der Waals surface area contributed by atoms with Gasteiger partial charge < -0.3 is 11.1 Å². The van der Waals surface area contributed by atoms with Crippen molar-refractivity contribution in [3.8, 4) is 0 Å². The molecule has 0 bridgehead atoms. The number of carbonyl (C=O) groups excluding carboxylic acids is 1. The largest absolute Gasteiger partial charge is 0.352 e. The first-order valence-corrected chi connectivity index (χ1v) is 8.53. The van der Waals surface area contributed by atoms with E-state index >= 15 is 0 Å². The summed E-state index contributed by atoms with van der Waals surface area (Å²) in [5.74, 6) is 0.919. The number of hydrogen-bond acceptors (Lipinski definition) is 3. The molecule has 0 aliphatic heterocycles. The van der Waals surface area contributed by atoms with Gasteiger partial charge in [0.2, 0.25) is 0 Å². The molecular weight excluding hydrogens is 328 g/mol. The van der Waals surface area contributed by atoms with Crippen molar-refractivity contribution in [2.24, 2.45) is 5.73 Å². The third-order valence-corrected chi connectivity index (χ3v) is 4.36. The molecule has 3 N–H and O–H groups in total. The van der Waals surface area contributed by atoms with Gasteiger partial charge in [0.25, 0.3) is 5.91 Å². The molecule has 124 valence electrons. The van der Waals surface area contributed by atoms with Crippen LogP contribution in [-0.4, -0.2) is 19.0 Å². The third-order valence-electron chi connectivity index (χ3n) is 3.28. The number of halogens is 1. The molecule has 0 spiro atoms. The second-order valence-corrected chi connectivity index (χ2v) is 6.10. The molecule has 0 fully saturated rings. The minimum absolute atomic E-state index is 0. The molecule has 23 heavy (non-hydrogen) atoms. The maximum atomic E-state index is 11.9. The van der Waals surface area contributed by atoms with Crippen LogP contribution in [0.15, 0.2) is 59.5 Å². The first-order valence-electron chi connectivity index (χ1n) is 7.54. The molecule has 1 amide bonds. The molecule has 3 nitrogen and oxygen atoms in total. The first-order chi connectivity index (χ1) is 10.8. The summed E-state index contributed by atoms with van der Waals surface area (Å²) in [5.41, 5.74) is 7.43. The second-order valence-electron chi connectivity index (χ2n) is 5.05. The lowest BCUT2D eigenvalue weighted by Gasteiger charge is -2.06. The van der Waals surface area contributed by atoms with Crippen molar-refractivity contribution in [1.82, 2.24) is 5.32 Å². The van der Waals surface area contributed by atoms with Crippen LogP contribution in [-0.2, 0) is 5.75 Å². The Morgan fingerprint density at radius 2 is 1.70 bits per heavy atom.